The molecular weight excluding hydrogens is 455 g/mol. The fraction of sp³-hybridized carbons (Fsp3) is 0.409. The van der Waals surface area contributed by atoms with E-state index < -0.39 is 15.8 Å². The van der Waals surface area contributed by atoms with Gasteiger partial charge in [0.2, 0.25) is 0 Å². The van der Waals surface area contributed by atoms with E-state index in [-0.39, 0.29) is 21.5 Å². The molecule has 3 rings (SSSR count). The van der Waals surface area contributed by atoms with E-state index in [2.05, 4.69) is 26.8 Å². The largest absolute Gasteiger partial charge is 0.352 e. The van der Waals surface area contributed by atoms with E-state index in [1.165, 1.54) is 18.2 Å². The molecule has 0 bridgehead atoms. The molecule has 0 spiro atoms. The summed E-state index contributed by atoms with van der Waals surface area (Å²) in [5.74, 6) is -0.844. The minimum atomic E-state index is -3.98. The van der Waals surface area contributed by atoms with Gasteiger partial charge in [-0.2, -0.15) is 0 Å². The molecule has 1 aliphatic heterocycles. The minimum Gasteiger partial charge on any atom is -0.352 e. The highest BCUT2D eigenvalue weighted by molar-refractivity contribution is 7.92. The first-order valence-corrected chi connectivity index (χ1v) is 12.5. The van der Waals surface area contributed by atoms with Crippen LogP contribution in [0.25, 0.3) is 0 Å². The zero-order chi connectivity index (χ0) is 23.1. The molecule has 0 atom stereocenters. The van der Waals surface area contributed by atoms with Gasteiger partial charge in [0.1, 0.15) is 5.82 Å². The third-order valence-electron chi connectivity index (χ3n) is 5.45. The van der Waals surface area contributed by atoms with Crippen molar-refractivity contribution in [1.82, 2.24) is 15.1 Å². The lowest BCUT2D eigenvalue weighted by Gasteiger charge is -2.33. The number of sulfonamides is 1. The molecule has 0 aromatic heterocycles. The van der Waals surface area contributed by atoms with Crippen LogP contribution in [0.15, 0.2) is 47.4 Å². The van der Waals surface area contributed by atoms with Gasteiger partial charge >= 0.3 is 0 Å². The lowest BCUT2D eigenvalue weighted by atomic mass is 10.2. The fourth-order valence-corrected chi connectivity index (χ4v) is 4.79. The number of rotatable bonds is 9. The zero-order valence-corrected chi connectivity index (χ0v) is 19.6. The summed E-state index contributed by atoms with van der Waals surface area (Å²) in [7, 11) is -3.98. The van der Waals surface area contributed by atoms with Gasteiger partial charge in [-0.1, -0.05) is 18.5 Å². The smallest absolute Gasteiger partial charge is 0.261 e. The Balaban J connectivity index is 1.54. The lowest BCUT2D eigenvalue weighted by molar-refractivity contribution is 0.0948. The minimum absolute atomic E-state index is 0.0810. The standard InChI is InChI=1S/C22H28ClFN4O3S/c1-2-27-12-14-28(15-13-27)11-3-10-25-22(29)17-4-9-20(23)21(16-17)26-32(30,31)19-7-5-18(24)6-8-19/h4-9,16,26H,2-3,10-15H2,1H3,(H,25,29). The van der Waals surface area contributed by atoms with E-state index in [0.717, 1.165) is 70.0 Å². The quantitative estimate of drug-likeness (QED) is 0.537. The first kappa shape index (κ1) is 24.4. The number of halogens is 2. The average molecular weight is 483 g/mol. The van der Waals surface area contributed by atoms with Crippen molar-refractivity contribution < 1.29 is 17.6 Å². The first-order chi connectivity index (χ1) is 15.3. The predicted octanol–water partition coefficient (Wildman–Crippen LogP) is 3.04. The van der Waals surface area contributed by atoms with Gasteiger partial charge in [-0.25, -0.2) is 12.8 Å². The van der Waals surface area contributed by atoms with Gasteiger partial charge in [0, 0.05) is 38.3 Å². The highest BCUT2D eigenvalue weighted by Crippen LogP contribution is 2.26. The first-order valence-electron chi connectivity index (χ1n) is 10.6. The average Bonchev–Trinajstić information content (AvgIpc) is 2.78. The molecule has 10 heteroatoms. The molecule has 174 valence electrons. The van der Waals surface area contributed by atoms with E-state index in [9.17, 15) is 17.6 Å². The Morgan fingerprint density at radius 2 is 1.72 bits per heavy atom. The van der Waals surface area contributed by atoms with Crippen molar-refractivity contribution in [2.75, 3.05) is 50.5 Å². The number of hydrogen-bond donors (Lipinski definition) is 2. The Bertz CT molecular complexity index is 1030. The summed E-state index contributed by atoms with van der Waals surface area (Å²) in [6.07, 6.45) is 0.829. The molecule has 1 heterocycles. The topological polar surface area (TPSA) is 81.8 Å². The fourth-order valence-electron chi connectivity index (χ4n) is 3.50. The van der Waals surface area contributed by atoms with Crippen molar-refractivity contribution in [3.8, 4) is 0 Å². The van der Waals surface area contributed by atoms with E-state index in [4.69, 9.17) is 11.6 Å². The van der Waals surface area contributed by atoms with Gasteiger partial charge in [0.25, 0.3) is 15.9 Å². The number of nitrogens with zero attached hydrogens (tertiary/aromatic N) is 2. The number of carbonyl (C=O) groups excluding carboxylic acids is 1. The van der Waals surface area contributed by atoms with Crippen molar-refractivity contribution in [2.24, 2.45) is 0 Å². The molecule has 1 saturated heterocycles. The summed E-state index contributed by atoms with van der Waals surface area (Å²) >= 11 is 6.13. The molecule has 32 heavy (non-hydrogen) atoms. The van der Waals surface area contributed by atoms with Crippen LogP contribution in [-0.4, -0.2) is 69.9 Å². The molecule has 7 nitrogen and oxygen atoms in total. The third kappa shape index (κ3) is 6.65. The van der Waals surface area contributed by atoms with Crippen molar-refractivity contribution in [2.45, 2.75) is 18.2 Å². The Hall–Kier alpha value is -2.20. The number of nitrogens with one attached hydrogen (secondary N) is 2. The predicted molar refractivity (Wildman–Crippen MR) is 124 cm³/mol. The second-order valence-corrected chi connectivity index (χ2v) is 9.73. The summed E-state index contributed by atoms with van der Waals surface area (Å²) in [6.45, 7) is 8.91. The number of amides is 1. The van der Waals surface area contributed by atoms with Crippen LogP contribution in [0.4, 0.5) is 10.1 Å². The van der Waals surface area contributed by atoms with Gasteiger partial charge in [0.05, 0.1) is 15.6 Å². The number of benzene rings is 2. The molecule has 0 unspecified atom stereocenters. The summed E-state index contributed by atoms with van der Waals surface area (Å²) < 4.78 is 40.5. The Labute approximate surface area is 193 Å². The molecule has 0 aliphatic carbocycles. The molecule has 2 aromatic rings. The van der Waals surface area contributed by atoms with Crippen LogP contribution in [0.2, 0.25) is 5.02 Å². The van der Waals surface area contributed by atoms with Crippen LogP contribution in [0.3, 0.4) is 0 Å². The van der Waals surface area contributed by atoms with Gasteiger partial charge in [-0.15, -0.1) is 0 Å². The summed E-state index contributed by atoms with van der Waals surface area (Å²) in [6, 6.07) is 8.83. The van der Waals surface area contributed by atoms with E-state index in [0.29, 0.717) is 12.1 Å². The monoisotopic (exact) mass is 482 g/mol. The molecule has 0 saturated carbocycles. The van der Waals surface area contributed by atoms with Crippen molar-refractivity contribution >= 4 is 33.2 Å². The molecule has 1 fully saturated rings. The summed E-state index contributed by atoms with van der Waals surface area (Å²) in [5.41, 5.74) is 0.375. The van der Waals surface area contributed by atoms with Crippen LogP contribution in [0.1, 0.15) is 23.7 Å². The maximum absolute atomic E-state index is 13.1. The summed E-state index contributed by atoms with van der Waals surface area (Å²) in [4.78, 5) is 17.2. The maximum Gasteiger partial charge on any atom is 0.261 e. The van der Waals surface area contributed by atoms with E-state index in [1.807, 2.05) is 0 Å². The zero-order valence-electron chi connectivity index (χ0n) is 18.0. The molecule has 2 N–H and O–H groups in total. The molecule has 1 amide bonds. The SMILES string of the molecule is CCN1CCN(CCCNC(=O)c2ccc(Cl)c(NS(=O)(=O)c3ccc(F)cc3)c2)CC1. The van der Waals surface area contributed by atoms with Crippen LogP contribution >= 0.6 is 11.6 Å². The number of anilines is 1. The van der Waals surface area contributed by atoms with Crippen LogP contribution in [-0.2, 0) is 10.0 Å². The lowest BCUT2D eigenvalue weighted by Crippen LogP contribution is -2.46. The third-order valence-corrected chi connectivity index (χ3v) is 7.16. The maximum atomic E-state index is 13.1. The molecular formula is C22H28ClFN4O3S. The van der Waals surface area contributed by atoms with Gasteiger partial charge in [-0.3, -0.25) is 9.52 Å². The normalized spacial score (nSPS) is 15.5. The highest BCUT2D eigenvalue weighted by atomic mass is 35.5. The van der Waals surface area contributed by atoms with E-state index in [1.54, 1.807) is 0 Å². The van der Waals surface area contributed by atoms with E-state index >= 15 is 0 Å². The second-order valence-electron chi connectivity index (χ2n) is 7.64. The van der Waals surface area contributed by atoms with Gasteiger partial charge in [0.15, 0.2) is 0 Å². The Morgan fingerprint density at radius 3 is 2.38 bits per heavy atom. The molecule has 0 radical (unpaired) electrons. The number of hydrogen-bond acceptors (Lipinski definition) is 5. The molecule has 2 aromatic carbocycles. The molecule has 1 aliphatic rings. The van der Waals surface area contributed by atoms with Gasteiger partial charge in [-0.05, 0) is 62.0 Å². The van der Waals surface area contributed by atoms with Crippen LogP contribution in [0, 0.1) is 5.82 Å². The Kier molecular flexibility index (Phi) is 8.47. The summed E-state index contributed by atoms with van der Waals surface area (Å²) in [5, 5.41) is 3.02. The van der Waals surface area contributed by atoms with Gasteiger partial charge < -0.3 is 15.1 Å². The van der Waals surface area contributed by atoms with Crippen molar-refractivity contribution in [3.05, 3.63) is 58.9 Å². The Morgan fingerprint density at radius 1 is 1.06 bits per heavy atom. The van der Waals surface area contributed by atoms with Crippen LogP contribution < -0.4 is 10.0 Å². The van der Waals surface area contributed by atoms with Crippen molar-refractivity contribution in [3.63, 3.8) is 0 Å². The highest BCUT2D eigenvalue weighted by Gasteiger charge is 2.18. The second kappa shape index (κ2) is 11.1. The number of piperazine rings is 1. The van der Waals surface area contributed by atoms with Crippen LogP contribution in [0.5, 0.6) is 0 Å². The van der Waals surface area contributed by atoms with Crippen molar-refractivity contribution in [1.29, 1.82) is 0 Å². The number of carbonyl (C=O) groups is 1. The number of likely N-dealkylation sites (N-methyl/N-ethyl adjacent to an activating group) is 1.